The lowest BCUT2D eigenvalue weighted by atomic mass is 10.1. The summed E-state index contributed by atoms with van der Waals surface area (Å²) < 4.78 is 0. The Labute approximate surface area is 100 Å². The van der Waals surface area contributed by atoms with Crippen molar-refractivity contribution in [3.8, 4) is 0 Å². The maximum absolute atomic E-state index is 9.82. The molecule has 0 unspecified atom stereocenters. The molecule has 2 N–H and O–H groups in total. The van der Waals surface area contributed by atoms with Crippen molar-refractivity contribution >= 4 is 23.2 Å². The van der Waals surface area contributed by atoms with Gasteiger partial charge in [0.25, 0.3) is 0 Å². The third kappa shape index (κ3) is 3.99. The van der Waals surface area contributed by atoms with Gasteiger partial charge in [0.05, 0.1) is 16.1 Å². The highest BCUT2D eigenvalue weighted by atomic mass is 35.5. The van der Waals surface area contributed by atoms with E-state index in [-0.39, 0.29) is 0 Å². The van der Waals surface area contributed by atoms with Crippen molar-refractivity contribution in [1.82, 2.24) is 5.32 Å². The van der Waals surface area contributed by atoms with Crippen LogP contribution in [0.2, 0.25) is 10.0 Å². The summed E-state index contributed by atoms with van der Waals surface area (Å²) in [4.78, 5) is 0. The van der Waals surface area contributed by atoms with Gasteiger partial charge in [-0.3, -0.25) is 0 Å². The predicted molar refractivity (Wildman–Crippen MR) is 64.6 cm³/mol. The summed E-state index contributed by atoms with van der Waals surface area (Å²) in [7, 11) is 0. The molecule has 0 aromatic heterocycles. The van der Waals surface area contributed by atoms with Crippen LogP contribution in [-0.4, -0.2) is 17.7 Å². The molecule has 0 aliphatic heterocycles. The molecule has 0 aliphatic rings. The van der Waals surface area contributed by atoms with Crippen LogP contribution in [0.3, 0.4) is 0 Å². The fourth-order valence-electron chi connectivity index (χ4n) is 1.18. The molecule has 15 heavy (non-hydrogen) atoms. The Balaban J connectivity index is 2.65. The van der Waals surface area contributed by atoms with Gasteiger partial charge in [-0.2, -0.15) is 0 Å². The lowest BCUT2D eigenvalue weighted by Gasteiger charge is -2.14. The summed E-state index contributed by atoms with van der Waals surface area (Å²) in [5, 5.41) is 13.9. The van der Waals surface area contributed by atoms with Crippen molar-refractivity contribution in [2.45, 2.75) is 26.0 Å². The van der Waals surface area contributed by atoms with Gasteiger partial charge in [0.2, 0.25) is 0 Å². The third-order valence-corrected chi connectivity index (χ3v) is 2.79. The van der Waals surface area contributed by atoms with Crippen LogP contribution in [-0.2, 0) is 0 Å². The second kappa shape index (κ2) is 5.71. The number of hydrogen-bond donors (Lipinski definition) is 2. The number of rotatable bonds is 4. The minimum Gasteiger partial charge on any atom is -0.387 e. The smallest absolute Gasteiger partial charge is 0.0915 e. The highest BCUT2D eigenvalue weighted by Crippen LogP contribution is 2.25. The predicted octanol–water partition coefficient (Wildman–Crippen LogP) is 3.02. The number of hydrogen-bond acceptors (Lipinski definition) is 2. The van der Waals surface area contributed by atoms with E-state index in [2.05, 4.69) is 5.32 Å². The molecule has 1 rings (SSSR count). The molecule has 0 heterocycles. The maximum atomic E-state index is 9.82. The summed E-state index contributed by atoms with van der Waals surface area (Å²) in [5.41, 5.74) is 0.776. The number of benzene rings is 1. The average Bonchev–Trinajstić information content (AvgIpc) is 2.18. The molecule has 0 aliphatic carbocycles. The molecule has 84 valence electrons. The monoisotopic (exact) mass is 247 g/mol. The van der Waals surface area contributed by atoms with Crippen LogP contribution in [0.25, 0.3) is 0 Å². The van der Waals surface area contributed by atoms with Gasteiger partial charge in [-0.1, -0.05) is 43.1 Å². The first-order valence-corrected chi connectivity index (χ1v) is 5.62. The maximum Gasteiger partial charge on any atom is 0.0915 e. The molecular weight excluding hydrogens is 233 g/mol. The van der Waals surface area contributed by atoms with Crippen LogP contribution >= 0.6 is 23.2 Å². The first-order chi connectivity index (χ1) is 7.00. The Bertz CT molecular complexity index is 328. The largest absolute Gasteiger partial charge is 0.387 e. The van der Waals surface area contributed by atoms with Gasteiger partial charge in [-0.15, -0.1) is 0 Å². The lowest BCUT2D eigenvalue weighted by Crippen LogP contribution is -2.27. The van der Waals surface area contributed by atoms with Crippen LogP contribution in [0.4, 0.5) is 0 Å². The summed E-state index contributed by atoms with van der Waals surface area (Å²) >= 11 is 11.6. The van der Waals surface area contributed by atoms with Crippen molar-refractivity contribution in [1.29, 1.82) is 0 Å². The van der Waals surface area contributed by atoms with Gasteiger partial charge in [0.15, 0.2) is 0 Å². The molecular formula is C11H15Cl2NO. The van der Waals surface area contributed by atoms with Crippen molar-refractivity contribution in [3.63, 3.8) is 0 Å². The van der Waals surface area contributed by atoms with Crippen molar-refractivity contribution < 1.29 is 5.11 Å². The first kappa shape index (κ1) is 12.8. The van der Waals surface area contributed by atoms with Crippen LogP contribution < -0.4 is 5.32 Å². The number of aliphatic hydroxyl groups excluding tert-OH is 1. The minimum absolute atomic E-state index is 0.349. The third-order valence-electron chi connectivity index (χ3n) is 2.05. The highest BCUT2D eigenvalue weighted by Gasteiger charge is 2.09. The van der Waals surface area contributed by atoms with Gasteiger partial charge >= 0.3 is 0 Å². The molecule has 0 saturated heterocycles. The second-order valence-corrected chi connectivity index (χ2v) is 4.57. The van der Waals surface area contributed by atoms with Crippen LogP contribution in [0.1, 0.15) is 25.5 Å². The van der Waals surface area contributed by atoms with Crippen LogP contribution in [0.5, 0.6) is 0 Å². The molecule has 0 bridgehead atoms. The molecule has 0 saturated carbocycles. The molecule has 1 aromatic carbocycles. The average molecular weight is 248 g/mol. The summed E-state index contributed by atoms with van der Waals surface area (Å²) in [5.74, 6) is 0. The second-order valence-electron chi connectivity index (χ2n) is 3.75. The summed E-state index contributed by atoms with van der Waals surface area (Å²) in [6.45, 7) is 4.57. The van der Waals surface area contributed by atoms with E-state index in [1.54, 1.807) is 18.2 Å². The zero-order valence-electron chi connectivity index (χ0n) is 8.80. The first-order valence-electron chi connectivity index (χ1n) is 4.87. The lowest BCUT2D eigenvalue weighted by molar-refractivity contribution is 0.171. The van der Waals surface area contributed by atoms with Crippen LogP contribution in [0.15, 0.2) is 18.2 Å². The molecule has 0 radical (unpaired) electrons. The van der Waals surface area contributed by atoms with E-state index in [1.807, 2.05) is 13.8 Å². The number of nitrogens with one attached hydrogen (secondary N) is 1. The van der Waals surface area contributed by atoms with Gasteiger partial charge in [0.1, 0.15) is 0 Å². The van der Waals surface area contributed by atoms with E-state index in [1.165, 1.54) is 0 Å². The highest BCUT2D eigenvalue weighted by molar-refractivity contribution is 6.42. The van der Waals surface area contributed by atoms with Crippen molar-refractivity contribution in [2.75, 3.05) is 6.54 Å². The van der Waals surface area contributed by atoms with Crippen molar-refractivity contribution in [3.05, 3.63) is 33.8 Å². The normalized spacial score (nSPS) is 13.2. The molecule has 4 heteroatoms. The quantitative estimate of drug-likeness (QED) is 0.858. The van der Waals surface area contributed by atoms with E-state index in [4.69, 9.17) is 23.2 Å². The summed E-state index contributed by atoms with van der Waals surface area (Å²) in [6.07, 6.45) is -0.554. The topological polar surface area (TPSA) is 32.3 Å². The molecule has 1 aromatic rings. The Morgan fingerprint density at radius 2 is 1.93 bits per heavy atom. The van der Waals surface area contributed by atoms with E-state index in [0.717, 1.165) is 5.56 Å². The van der Waals surface area contributed by atoms with Gasteiger partial charge in [0, 0.05) is 12.6 Å². The van der Waals surface area contributed by atoms with E-state index < -0.39 is 6.10 Å². The molecule has 0 amide bonds. The van der Waals surface area contributed by atoms with E-state index in [9.17, 15) is 5.11 Å². The molecule has 0 spiro atoms. The van der Waals surface area contributed by atoms with E-state index >= 15 is 0 Å². The molecule has 0 fully saturated rings. The van der Waals surface area contributed by atoms with Gasteiger partial charge in [-0.25, -0.2) is 0 Å². The minimum atomic E-state index is -0.554. The van der Waals surface area contributed by atoms with Gasteiger partial charge in [-0.05, 0) is 17.7 Å². The van der Waals surface area contributed by atoms with Gasteiger partial charge < -0.3 is 10.4 Å². The molecule has 1 atom stereocenters. The zero-order valence-corrected chi connectivity index (χ0v) is 10.3. The Hall–Kier alpha value is -0.280. The number of aliphatic hydroxyl groups is 1. The van der Waals surface area contributed by atoms with Crippen molar-refractivity contribution in [2.24, 2.45) is 0 Å². The summed E-state index contributed by atoms with van der Waals surface area (Å²) in [6, 6.07) is 5.51. The Morgan fingerprint density at radius 3 is 2.47 bits per heavy atom. The fourth-order valence-corrected chi connectivity index (χ4v) is 1.49. The number of halogens is 2. The molecule has 2 nitrogen and oxygen atoms in total. The fraction of sp³-hybridized carbons (Fsp3) is 0.455. The standard InChI is InChI=1S/C11H15Cl2NO/c1-7(2)14-6-11(15)8-3-4-9(12)10(13)5-8/h3-5,7,11,14-15H,6H2,1-2H3/t11-/m0/s1. The Kier molecular flexibility index (Phi) is 4.87. The Morgan fingerprint density at radius 1 is 1.27 bits per heavy atom. The SMILES string of the molecule is CC(C)NC[C@H](O)c1ccc(Cl)c(Cl)c1. The van der Waals surface area contributed by atoms with E-state index in [0.29, 0.717) is 22.6 Å². The zero-order chi connectivity index (χ0) is 11.4. The van der Waals surface area contributed by atoms with Crippen LogP contribution in [0, 0.1) is 0 Å².